The molecule has 4 aromatic carbocycles. The number of nitrogens with zero attached hydrogens (tertiary/aromatic N) is 4. The van der Waals surface area contributed by atoms with Gasteiger partial charge in [0.15, 0.2) is 0 Å². The molecule has 0 spiro atoms. The van der Waals surface area contributed by atoms with Crippen molar-refractivity contribution in [1.82, 2.24) is 25.1 Å². The minimum atomic E-state index is -0.829. The number of aromatic hydroxyl groups is 1. The molecule has 0 radical (unpaired) electrons. The van der Waals surface area contributed by atoms with E-state index in [0.717, 1.165) is 37.5 Å². The van der Waals surface area contributed by atoms with Crippen LogP contribution in [0.5, 0.6) is 5.75 Å². The highest BCUT2D eigenvalue weighted by atomic mass is 32.1. The van der Waals surface area contributed by atoms with Gasteiger partial charge < -0.3 is 20.2 Å². The Kier molecular flexibility index (Phi) is 7.84. The minimum absolute atomic E-state index is 0.0422. The summed E-state index contributed by atoms with van der Waals surface area (Å²) in [6.45, 7) is 2.53. The number of rotatable bonds is 6. The molecule has 46 heavy (non-hydrogen) atoms. The monoisotopic (exact) mass is 633 g/mol. The highest BCUT2D eigenvalue weighted by Crippen LogP contribution is 2.35. The molecule has 2 fully saturated rings. The number of hydrogen-bond donors (Lipinski definition) is 2. The lowest BCUT2D eigenvalue weighted by Crippen LogP contribution is -2.78. The number of likely N-dealkylation sites (N-methyl/N-ethyl adjacent to an activating group) is 1. The molecule has 3 heterocycles. The van der Waals surface area contributed by atoms with Crippen molar-refractivity contribution in [2.24, 2.45) is 0 Å². The molecule has 2 N–H and O–H groups in total. The Morgan fingerprint density at radius 3 is 2.43 bits per heavy atom. The van der Waals surface area contributed by atoms with Crippen LogP contribution in [0.1, 0.15) is 23.6 Å². The Morgan fingerprint density at radius 2 is 1.63 bits per heavy atom. The van der Waals surface area contributed by atoms with Gasteiger partial charge >= 0.3 is 6.03 Å². The molecule has 4 amide bonds. The summed E-state index contributed by atoms with van der Waals surface area (Å²) in [4.78, 5) is 45.8. The molecule has 0 aliphatic carbocycles. The topological polar surface area (TPSA) is 96.4 Å². The SMILES string of the molecule is C[C@H]1[C@H]2N(C(=O)CN(C)N2C(=O)NCc2cccc3ccccc23)[C@@H](Cc2ccc(O)cc2)C(=O)N1Cc1csc2ccccc12. The number of nitrogens with one attached hydrogen (secondary N) is 1. The first-order chi connectivity index (χ1) is 22.3. The van der Waals surface area contributed by atoms with Crippen molar-refractivity contribution < 1.29 is 19.5 Å². The number of benzene rings is 4. The van der Waals surface area contributed by atoms with E-state index in [0.29, 0.717) is 13.1 Å². The molecule has 2 aliphatic rings. The predicted molar refractivity (Wildman–Crippen MR) is 179 cm³/mol. The van der Waals surface area contributed by atoms with Gasteiger partial charge in [0, 0.05) is 31.3 Å². The van der Waals surface area contributed by atoms with Crippen LogP contribution in [0.2, 0.25) is 0 Å². The fourth-order valence-electron chi connectivity index (χ4n) is 6.86. The second-order valence-electron chi connectivity index (χ2n) is 12.0. The van der Waals surface area contributed by atoms with Gasteiger partial charge in [0.05, 0.1) is 12.6 Å². The zero-order valence-electron chi connectivity index (χ0n) is 25.7. The molecule has 5 aromatic rings. The summed E-state index contributed by atoms with van der Waals surface area (Å²) >= 11 is 1.63. The number of carbonyl (C=O) groups excluding carboxylic acids is 3. The number of piperazine rings is 1. The summed E-state index contributed by atoms with van der Waals surface area (Å²) in [5.41, 5.74) is 2.83. The van der Waals surface area contributed by atoms with Crippen LogP contribution in [0, 0.1) is 0 Å². The maximum absolute atomic E-state index is 14.4. The number of urea groups is 1. The van der Waals surface area contributed by atoms with Gasteiger partial charge in [-0.25, -0.2) is 14.8 Å². The third-order valence-electron chi connectivity index (χ3n) is 9.17. The van der Waals surface area contributed by atoms with Gasteiger partial charge in [-0.15, -0.1) is 11.3 Å². The molecule has 3 atom stereocenters. The average Bonchev–Trinajstić information content (AvgIpc) is 3.47. The van der Waals surface area contributed by atoms with E-state index in [1.54, 1.807) is 57.6 Å². The summed E-state index contributed by atoms with van der Waals surface area (Å²) in [5.74, 6) is -0.253. The van der Waals surface area contributed by atoms with Crippen molar-refractivity contribution >= 4 is 50.0 Å². The number of hydrogen-bond acceptors (Lipinski definition) is 6. The Hall–Kier alpha value is -4.93. The number of thiophene rings is 1. The van der Waals surface area contributed by atoms with Crippen molar-refractivity contribution in [3.63, 3.8) is 0 Å². The fraction of sp³-hybridized carbons (Fsp3) is 0.250. The maximum atomic E-state index is 14.4. The lowest BCUT2D eigenvalue weighted by molar-refractivity contribution is -0.196. The molecule has 9 nitrogen and oxygen atoms in total. The second kappa shape index (κ2) is 12.1. The van der Waals surface area contributed by atoms with Crippen LogP contribution < -0.4 is 5.32 Å². The van der Waals surface area contributed by atoms with Crippen molar-refractivity contribution in [3.05, 3.63) is 113 Å². The largest absolute Gasteiger partial charge is 0.508 e. The number of hydrazine groups is 1. The molecule has 0 bridgehead atoms. The fourth-order valence-corrected chi connectivity index (χ4v) is 7.82. The smallest absolute Gasteiger partial charge is 0.334 e. The molecular weight excluding hydrogens is 598 g/mol. The van der Waals surface area contributed by atoms with Crippen molar-refractivity contribution in [2.45, 2.75) is 44.7 Å². The number of amides is 4. The highest BCUT2D eigenvalue weighted by molar-refractivity contribution is 7.17. The van der Waals surface area contributed by atoms with E-state index in [4.69, 9.17) is 0 Å². The van der Waals surface area contributed by atoms with E-state index >= 15 is 0 Å². The molecule has 1 aromatic heterocycles. The van der Waals surface area contributed by atoms with E-state index in [-0.39, 0.29) is 36.6 Å². The van der Waals surface area contributed by atoms with Crippen molar-refractivity contribution in [1.29, 1.82) is 0 Å². The number of fused-ring (bicyclic) bond motifs is 3. The van der Waals surface area contributed by atoms with Gasteiger partial charge in [0.1, 0.15) is 18.0 Å². The van der Waals surface area contributed by atoms with Gasteiger partial charge in [0.25, 0.3) is 0 Å². The highest BCUT2D eigenvalue weighted by Gasteiger charge is 2.54. The Balaban J connectivity index is 1.24. The van der Waals surface area contributed by atoms with Gasteiger partial charge in [-0.1, -0.05) is 72.8 Å². The predicted octanol–water partition coefficient (Wildman–Crippen LogP) is 5.33. The standard InChI is InChI=1S/C36H35N5O4S/c1-23-34-40(33(43)21-38(2)41(34)36(45)37-19-26-10-7-9-25-8-3-4-11-29(25)26)31(18-24-14-16-28(42)17-15-24)35(44)39(23)20-27-22-46-32-13-6-5-12-30(27)32/h3-17,22-23,31,34,42H,18-21H2,1-2H3,(H,37,45)/t23-,31-,34-/m0/s1. The van der Waals surface area contributed by atoms with Crippen LogP contribution in [0.3, 0.4) is 0 Å². The number of phenolic OH excluding ortho intramolecular Hbond substituents is 1. The summed E-state index contributed by atoms with van der Waals surface area (Å²) < 4.78 is 1.14. The molecule has 2 saturated heterocycles. The summed E-state index contributed by atoms with van der Waals surface area (Å²) in [6, 6.07) is 27.2. The molecule has 2 aliphatic heterocycles. The average molecular weight is 634 g/mol. The molecular formula is C36H35N5O4S. The van der Waals surface area contributed by atoms with Crippen molar-refractivity contribution in [2.75, 3.05) is 13.6 Å². The normalized spacial score (nSPS) is 20.4. The van der Waals surface area contributed by atoms with Crippen LogP contribution >= 0.6 is 11.3 Å². The molecule has 0 unspecified atom stereocenters. The summed E-state index contributed by atoms with van der Waals surface area (Å²) in [5, 5.41) is 21.6. The van der Waals surface area contributed by atoms with Gasteiger partial charge in [-0.3, -0.25) is 9.59 Å². The van der Waals surface area contributed by atoms with Crippen LogP contribution in [0.4, 0.5) is 4.79 Å². The second-order valence-corrected chi connectivity index (χ2v) is 12.9. The van der Waals surface area contributed by atoms with Gasteiger partial charge in [0.2, 0.25) is 11.8 Å². The summed E-state index contributed by atoms with van der Waals surface area (Å²) in [6.07, 6.45) is -0.479. The first kappa shape index (κ1) is 29.8. The number of carbonyl (C=O) groups is 3. The zero-order chi connectivity index (χ0) is 31.9. The lowest BCUT2D eigenvalue weighted by atomic mass is 9.95. The summed E-state index contributed by atoms with van der Waals surface area (Å²) in [7, 11) is 1.74. The molecule has 234 valence electrons. The zero-order valence-corrected chi connectivity index (χ0v) is 26.5. The maximum Gasteiger partial charge on any atom is 0.334 e. The third-order valence-corrected chi connectivity index (χ3v) is 10.2. The first-order valence-corrected chi connectivity index (χ1v) is 16.3. The Bertz CT molecular complexity index is 1940. The van der Waals surface area contributed by atoms with Crippen LogP contribution in [-0.4, -0.2) is 74.6 Å². The van der Waals surface area contributed by atoms with Crippen LogP contribution in [0.15, 0.2) is 96.4 Å². The Labute approximate surface area is 271 Å². The van der Waals surface area contributed by atoms with E-state index in [9.17, 15) is 19.5 Å². The van der Waals surface area contributed by atoms with E-state index in [1.807, 2.05) is 66.4 Å². The van der Waals surface area contributed by atoms with E-state index in [2.05, 4.69) is 22.8 Å². The molecule has 0 saturated carbocycles. The first-order valence-electron chi connectivity index (χ1n) is 15.4. The molecule has 10 heteroatoms. The third kappa shape index (κ3) is 5.33. The van der Waals surface area contributed by atoms with Gasteiger partial charge in [-0.2, -0.15) is 0 Å². The lowest BCUT2D eigenvalue weighted by Gasteiger charge is -2.57. The van der Waals surface area contributed by atoms with E-state index < -0.39 is 18.2 Å². The molecule has 7 rings (SSSR count). The van der Waals surface area contributed by atoms with E-state index in [1.165, 1.54) is 0 Å². The van der Waals surface area contributed by atoms with Crippen molar-refractivity contribution in [3.8, 4) is 5.75 Å². The van der Waals surface area contributed by atoms with Gasteiger partial charge in [-0.05, 0) is 63.4 Å². The quantitative estimate of drug-likeness (QED) is 0.264. The van der Waals surface area contributed by atoms with Crippen LogP contribution in [-0.2, 0) is 29.1 Å². The minimum Gasteiger partial charge on any atom is -0.508 e. The number of phenols is 1. The Morgan fingerprint density at radius 1 is 0.913 bits per heavy atom. The van der Waals surface area contributed by atoms with Crippen LogP contribution in [0.25, 0.3) is 20.9 Å².